The molecule has 10 heteroatoms. The van der Waals surface area contributed by atoms with E-state index in [4.69, 9.17) is 0 Å². The molecule has 1 aliphatic rings. The summed E-state index contributed by atoms with van der Waals surface area (Å²) >= 11 is 0. The molecule has 1 heterocycles. The molecule has 0 spiro atoms. The Morgan fingerprint density at radius 3 is 1.41 bits per heavy atom. The smallest absolute Gasteiger partial charge is 0.234 e. The van der Waals surface area contributed by atoms with E-state index < -0.39 is 23.3 Å². The number of benzene rings is 2. The first-order valence-electron chi connectivity index (χ1n) is 10.1. The van der Waals surface area contributed by atoms with Crippen molar-refractivity contribution in [1.82, 2.24) is 20.4 Å². The molecule has 3 rings (SSSR count). The third kappa shape index (κ3) is 7.61. The van der Waals surface area contributed by atoms with E-state index in [1.54, 1.807) is 0 Å². The highest BCUT2D eigenvalue weighted by atomic mass is 19.1. The number of carbonyl (C=O) groups is 2. The van der Waals surface area contributed by atoms with Crippen molar-refractivity contribution in [3.05, 3.63) is 70.8 Å². The first-order valence-corrected chi connectivity index (χ1v) is 10.1. The third-order valence-electron chi connectivity index (χ3n) is 4.89. The summed E-state index contributed by atoms with van der Waals surface area (Å²) < 4.78 is 53.9. The average Bonchev–Trinajstić information content (AvgIpc) is 2.65. The van der Waals surface area contributed by atoms with Crippen LogP contribution in [0.5, 0.6) is 0 Å². The Morgan fingerprint density at radius 1 is 0.625 bits per heavy atom. The summed E-state index contributed by atoms with van der Waals surface area (Å²) in [5.74, 6) is -3.52. The van der Waals surface area contributed by atoms with E-state index in [0.717, 1.165) is 24.3 Å². The number of hydrogen-bond acceptors (Lipinski definition) is 4. The molecule has 2 aromatic carbocycles. The molecule has 6 nitrogen and oxygen atoms in total. The molecule has 0 saturated carbocycles. The number of nitrogens with one attached hydrogen (secondary N) is 2. The van der Waals surface area contributed by atoms with E-state index in [9.17, 15) is 27.2 Å². The maximum atomic E-state index is 13.5. The number of hydrogen-bond donors (Lipinski definition) is 2. The third-order valence-corrected chi connectivity index (χ3v) is 4.89. The fraction of sp³-hybridized carbons (Fsp3) is 0.364. The minimum Gasteiger partial charge on any atom is -0.354 e. The highest BCUT2D eigenvalue weighted by Crippen LogP contribution is 2.12. The number of nitrogens with zero attached hydrogens (tertiary/aromatic N) is 2. The molecular formula is C22H24F4N4O2. The fourth-order valence-corrected chi connectivity index (χ4v) is 3.58. The van der Waals surface area contributed by atoms with Crippen LogP contribution in [0, 0.1) is 23.3 Å². The second kappa shape index (κ2) is 11.1. The van der Waals surface area contributed by atoms with Gasteiger partial charge in [0, 0.05) is 51.4 Å². The van der Waals surface area contributed by atoms with Crippen molar-refractivity contribution in [3.63, 3.8) is 0 Å². The number of halogens is 4. The number of rotatable bonds is 4. The lowest BCUT2D eigenvalue weighted by molar-refractivity contribution is -0.125. The van der Waals surface area contributed by atoms with Crippen molar-refractivity contribution < 1.29 is 27.2 Å². The van der Waals surface area contributed by atoms with E-state index in [-0.39, 0.29) is 51.1 Å². The van der Waals surface area contributed by atoms with Crippen LogP contribution in [0.25, 0.3) is 0 Å². The Hall–Kier alpha value is -2.98. The van der Waals surface area contributed by atoms with Crippen LogP contribution in [0.4, 0.5) is 17.6 Å². The van der Waals surface area contributed by atoms with Gasteiger partial charge in [-0.2, -0.15) is 0 Å². The van der Waals surface area contributed by atoms with Gasteiger partial charge in [0.1, 0.15) is 23.3 Å². The van der Waals surface area contributed by atoms with Crippen molar-refractivity contribution in [2.45, 2.75) is 13.1 Å². The molecule has 1 aliphatic heterocycles. The molecular weight excluding hydrogens is 428 g/mol. The topological polar surface area (TPSA) is 64.7 Å². The molecule has 2 amide bonds. The standard InChI is InChI=1S/C22H24F4N4O2/c23-17-5-15(6-18(24)9-17)11-29-3-1-27-21(31)13-30(14-22(32)28-2-4-29)12-16-7-19(25)10-20(26)8-16/h5-10H,1-4,11-14H2,(H,27,31)(H,28,32). The zero-order valence-electron chi connectivity index (χ0n) is 17.3. The van der Waals surface area contributed by atoms with Gasteiger partial charge < -0.3 is 10.6 Å². The molecule has 0 bridgehead atoms. The van der Waals surface area contributed by atoms with Gasteiger partial charge in [-0.15, -0.1) is 0 Å². The van der Waals surface area contributed by atoms with Crippen LogP contribution in [0.15, 0.2) is 36.4 Å². The Bertz CT molecular complexity index is 908. The highest BCUT2D eigenvalue weighted by molar-refractivity contribution is 5.81. The van der Waals surface area contributed by atoms with Gasteiger partial charge in [-0.05, 0) is 35.4 Å². The van der Waals surface area contributed by atoms with Crippen LogP contribution in [-0.2, 0) is 22.7 Å². The lowest BCUT2D eigenvalue weighted by Crippen LogP contribution is -2.47. The van der Waals surface area contributed by atoms with Crippen molar-refractivity contribution >= 4 is 11.8 Å². The fourth-order valence-electron chi connectivity index (χ4n) is 3.58. The summed E-state index contributed by atoms with van der Waals surface area (Å²) in [6.07, 6.45) is 0. The lowest BCUT2D eigenvalue weighted by atomic mass is 10.2. The Morgan fingerprint density at radius 2 is 1.00 bits per heavy atom. The Balaban J connectivity index is 1.63. The zero-order chi connectivity index (χ0) is 23.1. The Kier molecular flexibility index (Phi) is 8.18. The van der Waals surface area contributed by atoms with Gasteiger partial charge in [-0.1, -0.05) is 0 Å². The minimum atomic E-state index is -0.735. The van der Waals surface area contributed by atoms with E-state index in [1.165, 1.54) is 17.0 Å². The zero-order valence-corrected chi connectivity index (χ0v) is 17.3. The molecule has 0 unspecified atom stereocenters. The molecule has 1 fully saturated rings. The SMILES string of the molecule is O=C1CN(Cc2cc(F)cc(F)c2)CC(=O)NCCN(Cc2cc(F)cc(F)c2)CCN1. The van der Waals surface area contributed by atoms with Crippen molar-refractivity contribution in [2.75, 3.05) is 39.3 Å². The number of amides is 2. The molecule has 1 saturated heterocycles. The van der Waals surface area contributed by atoms with Crippen LogP contribution in [-0.4, -0.2) is 60.9 Å². The van der Waals surface area contributed by atoms with Crippen LogP contribution in [0.1, 0.15) is 11.1 Å². The summed E-state index contributed by atoms with van der Waals surface area (Å²) in [5.41, 5.74) is 0.754. The van der Waals surface area contributed by atoms with Crippen molar-refractivity contribution in [3.8, 4) is 0 Å². The van der Waals surface area contributed by atoms with E-state index in [0.29, 0.717) is 24.2 Å². The van der Waals surface area contributed by atoms with E-state index in [2.05, 4.69) is 10.6 Å². The van der Waals surface area contributed by atoms with Crippen LogP contribution < -0.4 is 10.6 Å². The molecule has 2 N–H and O–H groups in total. The quantitative estimate of drug-likeness (QED) is 0.695. The summed E-state index contributed by atoms with van der Waals surface area (Å²) in [4.78, 5) is 28.0. The minimum absolute atomic E-state index is 0.0206. The molecule has 32 heavy (non-hydrogen) atoms. The van der Waals surface area contributed by atoms with Gasteiger partial charge in [-0.25, -0.2) is 17.6 Å². The van der Waals surface area contributed by atoms with Crippen molar-refractivity contribution in [1.29, 1.82) is 0 Å². The average molecular weight is 452 g/mol. The number of carbonyl (C=O) groups excluding carboxylic acids is 2. The largest absolute Gasteiger partial charge is 0.354 e. The normalized spacial score (nSPS) is 17.2. The Labute approximate surface area is 183 Å². The highest BCUT2D eigenvalue weighted by Gasteiger charge is 2.18. The summed E-state index contributed by atoms with van der Waals surface area (Å²) in [6.45, 7) is 1.36. The van der Waals surface area contributed by atoms with E-state index >= 15 is 0 Å². The second-order valence-electron chi connectivity index (χ2n) is 7.68. The van der Waals surface area contributed by atoms with Crippen LogP contribution >= 0.6 is 0 Å². The van der Waals surface area contributed by atoms with Gasteiger partial charge >= 0.3 is 0 Å². The molecule has 2 aromatic rings. The van der Waals surface area contributed by atoms with Gasteiger partial charge in [0.2, 0.25) is 11.8 Å². The van der Waals surface area contributed by atoms with Crippen molar-refractivity contribution in [2.24, 2.45) is 0 Å². The monoisotopic (exact) mass is 452 g/mol. The van der Waals surface area contributed by atoms with Crippen LogP contribution in [0.3, 0.4) is 0 Å². The summed E-state index contributed by atoms with van der Waals surface area (Å²) in [7, 11) is 0. The predicted molar refractivity (Wildman–Crippen MR) is 109 cm³/mol. The maximum absolute atomic E-state index is 13.5. The molecule has 0 aliphatic carbocycles. The predicted octanol–water partition coefficient (Wildman–Crippen LogP) is 1.79. The van der Waals surface area contributed by atoms with Crippen LogP contribution in [0.2, 0.25) is 0 Å². The lowest BCUT2D eigenvalue weighted by Gasteiger charge is -2.26. The van der Waals surface area contributed by atoms with Gasteiger partial charge in [-0.3, -0.25) is 19.4 Å². The maximum Gasteiger partial charge on any atom is 0.234 e. The van der Waals surface area contributed by atoms with Gasteiger partial charge in [0.25, 0.3) is 0 Å². The molecule has 172 valence electrons. The molecule has 0 radical (unpaired) electrons. The second-order valence-corrected chi connectivity index (χ2v) is 7.68. The molecule has 0 atom stereocenters. The van der Waals surface area contributed by atoms with E-state index in [1.807, 2.05) is 4.90 Å². The summed E-state index contributed by atoms with van der Waals surface area (Å²) in [5, 5.41) is 5.48. The van der Waals surface area contributed by atoms with Gasteiger partial charge in [0.15, 0.2) is 0 Å². The summed E-state index contributed by atoms with van der Waals surface area (Å²) in [6, 6.07) is 6.34. The first kappa shape index (κ1) is 23.7. The van der Waals surface area contributed by atoms with Gasteiger partial charge in [0.05, 0.1) is 13.1 Å². The first-order chi connectivity index (χ1) is 15.3. The molecule has 0 aromatic heterocycles.